The molecule has 1 rings (SSSR count). The molecule has 1 aromatic carbocycles. The molecule has 0 saturated heterocycles. The van der Waals surface area contributed by atoms with E-state index in [1.54, 1.807) is 13.8 Å². The van der Waals surface area contributed by atoms with Crippen LogP contribution in [-0.2, 0) is 4.79 Å². The molecule has 0 bridgehead atoms. The Morgan fingerprint density at radius 2 is 1.60 bits per heavy atom. The van der Waals surface area contributed by atoms with Crippen LogP contribution >= 0.6 is 0 Å². The molecule has 0 aliphatic heterocycles. The number of carbonyl (C=O) groups is 2. The van der Waals surface area contributed by atoms with Gasteiger partial charge in [-0.05, 0) is 25.3 Å². The zero-order valence-corrected chi connectivity index (χ0v) is 12.3. The van der Waals surface area contributed by atoms with Crippen molar-refractivity contribution in [3.8, 4) is 0 Å². The minimum Gasteiger partial charge on any atom is -0.480 e. The maximum Gasteiger partial charge on any atom is 0.326 e. The van der Waals surface area contributed by atoms with Crippen LogP contribution in [0, 0.1) is 12.8 Å². The lowest BCUT2D eigenvalue weighted by Gasteiger charge is -2.20. The number of carboxylic acids is 1. The van der Waals surface area contributed by atoms with Gasteiger partial charge in [0.15, 0.2) is 0 Å². The largest absolute Gasteiger partial charge is 0.480 e. The molecule has 0 spiro atoms. The maximum absolute atomic E-state index is 11.8. The third-order valence-electron chi connectivity index (χ3n) is 3.14. The van der Waals surface area contributed by atoms with Crippen molar-refractivity contribution in [2.75, 3.05) is 0 Å². The van der Waals surface area contributed by atoms with Gasteiger partial charge in [-0.2, -0.15) is 0 Å². The smallest absolute Gasteiger partial charge is 0.326 e. The minimum atomic E-state index is -1.03. The molecule has 1 aromatic rings. The average molecular weight is 278 g/mol. The SMILES string of the molecule is Cc1ccc(C(C)NC(=O)N[C@H](C(=O)O)C(C)C)cc1. The molecule has 1 unspecified atom stereocenters. The second-order valence-electron chi connectivity index (χ2n) is 5.31. The molecule has 2 amide bonds. The van der Waals surface area contributed by atoms with Gasteiger partial charge in [0.05, 0.1) is 6.04 Å². The predicted molar refractivity (Wildman–Crippen MR) is 77.5 cm³/mol. The second-order valence-corrected chi connectivity index (χ2v) is 5.31. The number of aryl methyl sites for hydroxylation is 1. The molecule has 0 radical (unpaired) electrons. The van der Waals surface area contributed by atoms with Gasteiger partial charge in [0.1, 0.15) is 6.04 Å². The number of nitrogens with one attached hydrogen (secondary N) is 2. The molecule has 0 aromatic heterocycles. The standard InChI is InChI=1S/C15H22N2O3/c1-9(2)13(14(18)19)17-15(20)16-11(4)12-7-5-10(3)6-8-12/h5-9,11,13H,1-4H3,(H,18,19)(H2,16,17,20)/t11?,13-/m0/s1. The third kappa shape index (κ3) is 4.57. The predicted octanol–water partition coefficient (Wildman–Crippen LogP) is 2.46. The summed E-state index contributed by atoms with van der Waals surface area (Å²) in [4.78, 5) is 22.9. The molecule has 110 valence electrons. The Hall–Kier alpha value is -2.04. The number of carbonyl (C=O) groups excluding carboxylic acids is 1. The first-order chi connectivity index (χ1) is 9.31. The van der Waals surface area contributed by atoms with Crippen LogP contribution in [0.4, 0.5) is 4.79 Å². The third-order valence-corrected chi connectivity index (χ3v) is 3.14. The molecule has 0 aliphatic carbocycles. The number of carboxylic acid groups (broad SMARTS) is 1. The summed E-state index contributed by atoms with van der Waals surface area (Å²) in [5, 5.41) is 14.3. The van der Waals surface area contributed by atoms with Crippen LogP contribution in [0.15, 0.2) is 24.3 Å². The van der Waals surface area contributed by atoms with E-state index in [9.17, 15) is 9.59 Å². The Balaban J connectivity index is 2.61. The number of hydrogen-bond acceptors (Lipinski definition) is 2. The zero-order valence-electron chi connectivity index (χ0n) is 12.3. The Labute approximate surface area is 119 Å². The number of aliphatic carboxylic acids is 1. The monoisotopic (exact) mass is 278 g/mol. The van der Waals surface area contributed by atoms with Gasteiger partial charge in [-0.15, -0.1) is 0 Å². The minimum absolute atomic E-state index is 0.173. The van der Waals surface area contributed by atoms with Gasteiger partial charge in [-0.1, -0.05) is 43.7 Å². The Bertz CT molecular complexity index is 469. The van der Waals surface area contributed by atoms with Crippen LogP contribution in [-0.4, -0.2) is 23.1 Å². The summed E-state index contributed by atoms with van der Waals surface area (Å²) in [6.45, 7) is 7.36. The van der Waals surface area contributed by atoms with Crippen molar-refractivity contribution >= 4 is 12.0 Å². The van der Waals surface area contributed by atoms with Crippen LogP contribution in [0.5, 0.6) is 0 Å². The van der Waals surface area contributed by atoms with E-state index in [0.29, 0.717) is 0 Å². The highest BCUT2D eigenvalue weighted by molar-refractivity contribution is 5.82. The topological polar surface area (TPSA) is 78.4 Å². The van der Waals surface area contributed by atoms with E-state index in [0.717, 1.165) is 11.1 Å². The first-order valence-electron chi connectivity index (χ1n) is 6.67. The highest BCUT2D eigenvalue weighted by atomic mass is 16.4. The quantitative estimate of drug-likeness (QED) is 0.774. The number of urea groups is 1. The summed E-state index contributed by atoms with van der Waals surface area (Å²) in [6.07, 6.45) is 0. The van der Waals surface area contributed by atoms with Crippen molar-refractivity contribution in [2.24, 2.45) is 5.92 Å². The second kappa shape index (κ2) is 6.93. The van der Waals surface area contributed by atoms with Gasteiger partial charge in [0, 0.05) is 0 Å². The molecule has 5 heteroatoms. The molecule has 0 saturated carbocycles. The Kier molecular flexibility index (Phi) is 5.55. The summed E-state index contributed by atoms with van der Waals surface area (Å²) in [5.41, 5.74) is 2.12. The molecule has 0 aliphatic rings. The molecular weight excluding hydrogens is 256 g/mol. The molecule has 2 atom stereocenters. The van der Waals surface area contributed by atoms with Crippen LogP contribution in [0.2, 0.25) is 0 Å². The van der Waals surface area contributed by atoms with Crippen molar-refractivity contribution in [3.05, 3.63) is 35.4 Å². The van der Waals surface area contributed by atoms with E-state index in [1.165, 1.54) is 0 Å². The fraction of sp³-hybridized carbons (Fsp3) is 0.467. The number of benzene rings is 1. The van der Waals surface area contributed by atoms with Gasteiger partial charge in [0.2, 0.25) is 0 Å². The molecule has 20 heavy (non-hydrogen) atoms. The molecule has 0 heterocycles. The average Bonchev–Trinajstić information content (AvgIpc) is 2.35. The molecular formula is C15H22N2O3. The fourth-order valence-corrected chi connectivity index (χ4v) is 1.83. The molecule has 5 nitrogen and oxygen atoms in total. The maximum atomic E-state index is 11.8. The highest BCUT2D eigenvalue weighted by Gasteiger charge is 2.23. The van der Waals surface area contributed by atoms with Gasteiger partial charge in [0.25, 0.3) is 0 Å². The number of rotatable bonds is 5. The first kappa shape index (κ1) is 16.0. The van der Waals surface area contributed by atoms with E-state index >= 15 is 0 Å². The van der Waals surface area contributed by atoms with E-state index in [-0.39, 0.29) is 12.0 Å². The van der Waals surface area contributed by atoms with Gasteiger partial charge >= 0.3 is 12.0 Å². The molecule has 0 fully saturated rings. The van der Waals surface area contributed by atoms with Gasteiger partial charge < -0.3 is 15.7 Å². The lowest BCUT2D eigenvalue weighted by Crippen LogP contribution is -2.49. The van der Waals surface area contributed by atoms with Crippen LogP contribution in [0.1, 0.15) is 37.9 Å². The normalized spacial score (nSPS) is 13.7. The first-order valence-corrected chi connectivity index (χ1v) is 6.67. The van der Waals surface area contributed by atoms with Crippen molar-refractivity contribution in [2.45, 2.75) is 39.8 Å². The zero-order chi connectivity index (χ0) is 15.3. The van der Waals surface area contributed by atoms with Crippen LogP contribution in [0.25, 0.3) is 0 Å². The number of amides is 2. The lowest BCUT2D eigenvalue weighted by molar-refractivity contribution is -0.140. The Morgan fingerprint density at radius 3 is 2.05 bits per heavy atom. The van der Waals surface area contributed by atoms with Gasteiger partial charge in [-0.25, -0.2) is 9.59 Å². The van der Waals surface area contributed by atoms with Gasteiger partial charge in [-0.3, -0.25) is 0 Å². The van der Waals surface area contributed by atoms with E-state index < -0.39 is 18.0 Å². The van der Waals surface area contributed by atoms with Crippen LogP contribution in [0.3, 0.4) is 0 Å². The summed E-state index contributed by atoms with van der Waals surface area (Å²) in [6, 6.07) is 6.28. The summed E-state index contributed by atoms with van der Waals surface area (Å²) in [7, 11) is 0. The molecule has 3 N–H and O–H groups in total. The van der Waals surface area contributed by atoms with E-state index in [2.05, 4.69) is 10.6 Å². The van der Waals surface area contributed by atoms with Crippen LogP contribution < -0.4 is 10.6 Å². The number of hydrogen-bond donors (Lipinski definition) is 3. The fourth-order valence-electron chi connectivity index (χ4n) is 1.83. The van der Waals surface area contributed by atoms with E-state index in [4.69, 9.17) is 5.11 Å². The summed E-state index contributed by atoms with van der Waals surface area (Å²) < 4.78 is 0. The highest BCUT2D eigenvalue weighted by Crippen LogP contribution is 2.13. The van der Waals surface area contributed by atoms with E-state index in [1.807, 2.05) is 38.1 Å². The summed E-state index contributed by atoms with van der Waals surface area (Å²) in [5.74, 6) is -1.20. The van der Waals surface area contributed by atoms with Crippen molar-refractivity contribution < 1.29 is 14.7 Å². The van der Waals surface area contributed by atoms with Crippen molar-refractivity contribution in [1.29, 1.82) is 0 Å². The van der Waals surface area contributed by atoms with Crippen molar-refractivity contribution in [3.63, 3.8) is 0 Å². The lowest BCUT2D eigenvalue weighted by atomic mass is 10.0. The summed E-state index contributed by atoms with van der Waals surface area (Å²) >= 11 is 0. The van der Waals surface area contributed by atoms with Crippen molar-refractivity contribution in [1.82, 2.24) is 10.6 Å². The Morgan fingerprint density at radius 1 is 1.05 bits per heavy atom.